The molecule has 0 bridgehead atoms. The van der Waals surface area contributed by atoms with Crippen molar-refractivity contribution in [2.75, 3.05) is 6.26 Å². The van der Waals surface area contributed by atoms with Crippen molar-refractivity contribution in [2.45, 2.75) is 49.8 Å². The van der Waals surface area contributed by atoms with Gasteiger partial charge in [-0.15, -0.1) is 0 Å². The Kier molecular flexibility index (Phi) is 3.46. The Bertz CT molecular complexity index is 910. The highest BCUT2D eigenvalue weighted by molar-refractivity contribution is 7.90. The molecule has 2 aromatic rings. The van der Waals surface area contributed by atoms with Gasteiger partial charge in [0, 0.05) is 24.5 Å². The van der Waals surface area contributed by atoms with Crippen LogP contribution < -0.4 is 0 Å². The predicted molar refractivity (Wildman–Crippen MR) is 89.7 cm³/mol. The van der Waals surface area contributed by atoms with Crippen LogP contribution >= 0.6 is 0 Å². The fraction of sp³-hybridized carbons (Fsp3) is 0.529. The highest BCUT2D eigenvalue weighted by Gasteiger charge is 2.43. The van der Waals surface area contributed by atoms with Crippen molar-refractivity contribution in [1.29, 1.82) is 0 Å². The van der Waals surface area contributed by atoms with Gasteiger partial charge in [0.05, 0.1) is 5.52 Å². The summed E-state index contributed by atoms with van der Waals surface area (Å²) in [4.78, 5) is 19.4. The second-order valence-corrected chi connectivity index (χ2v) is 8.90. The Labute approximate surface area is 141 Å². The van der Waals surface area contributed by atoms with E-state index in [4.69, 9.17) is 0 Å². The molecule has 0 radical (unpaired) electrons. The number of rotatable bonds is 5. The maximum atomic E-state index is 13.2. The predicted octanol–water partition coefficient (Wildman–Crippen LogP) is 2.14. The average molecular weight is 347 g/mol. The smallest absolute Gasteiger partial charge is 0.275 e. The first kappa shape index (κ1) is 15.6. The third-order valence-electron chi connectivity index (χ3n) is 4.97. The summed E-state index contributed by atoms with van der Waals surface area (Å²) >= 11 is 0. The number of fused-ring (bicyclic) bond motifs is 1. The van der Waals surface area contributed by atoms with Crippen LogP contribution in [0.5, 0.6) is 0 Å². The molecule has 1 unspecified atom stereocenters. The van der Waals surface area contributed by atoms with Crippen LogP contribution in [0.3, 0.4) is 0 Å². The quantitative estimate of drug-likeness (QED) is 0.831. The first-order chi connectivity index (χ1) is 11.4. The largest absolute Gasteiger partial charge is 0.331 e. The Morgan fingerprint density at radius 3 is 2.58 bits per heavy atom. The molecule has 128 valence electrons. The van der Waals surface area contributed by atoms with Crippen LogP contribution in [0.25, 0.3) is 5.52 Å². The summed E-state index contributed by atoms with van der Waals surface area (Å²) in [6.07, 6.45) is 7.13. The molecule has 2 saturated carbocycles. The monoisotopic (exact) mass is 347 g/mol. The molecule has 4 rings (SSSR count). The summed E-state index contributed by atoms with van der Waals surface area (Å²) in [5, 5.41) is -0.0729. The van der Waals surface area contributed by atoms with Crippen molar-refractivity contribution in [1.82, 2.24) is 14.3 Å². The van der Waals surface area contributed by atoms with Gasteiger partial charge in [-0.2, -0.15) is 0 Å². The van der Waals surface area contributed by atoms with Gasteiger partial charge in [0.2, 0.25) is 15.0 Å². The number of aromatic nitrogens is 2. The highest BCUT2D eigenvalue weighted by Crippen LogP contribution is 2.40. The number of hydrogen-bond donors (Lipinski definition) is 0. The van der Waals surface area contributed by atoms with Crippen molar-refractivity contribution in [3.8, 4) is 0 Å². The molecule has 0 spiro atoms. The molecule has 0 aliphatic heterocycles. The molecule has 7 heteroatoms. The van der Waals surface area contributed by atoms with Crippen LogP contribution in [0, 0.1) is 5.92 Å². The molecule has 2 aliphatic rings. The number of carbonyl (C=O) groups excluding carboxylic acids is 1. The van der Waals surface area contributed by atoms with Crippen molar-refractivity contribution < 1.29 is 13.2 Å². The van der Waals surface area contributed by atoms with Crippen LogP contribution in [0.1, 0.15) is 43.1 Å². The highest BCUT2D eigenvalue weighted by atomic mass is 32.2. The second-order valence-electron chi connectivity index (χ2n) is 6.99. The number of nitrogens with zero attached hydrogens (tertiary/aromatic N) is 3. The first-order valence-electron chi connectivity index (χ1n) is 8.37. The fourth-order valence-electron chi connectivity index (χ4n) is 3.39. The van der Waals surface area contributed by atoms with Gasteiger partial charge in [-0.3, -0.25) is 9.20 Å². The molecule has 1 amide bonds. The van der Waals surface area contributed by atoms with E-state index in [1.807, 2.05) is 4.90 Å². The van der Waals surface area contributed by atoms with E-state index in [9.17, 15) is 13.2 Å². The Morgan fingerprint density at radius 1 is 1.29 bits per heavy atom. The number of carbonyl (C=O) groups is 1. The van der Waals surface area contributed by atoms with Crippen molar-refractivity contribution in [3.63, 3.8) is 0 Å². The van der Waals surface area contributed by atoms with E-state index in [2.05, 4.69) is 11.9 Å². The van der Waals surface area contributed by atoms with Crippen LogP contribution in [0.15, 0.2) is 29.6 Å². The van der Waals surface area contributed by atoms with Gasteiger partial charge in [0.1, 0.15) is 0 Å². The van der Waals surface area contributed by atoms with Gasteiger partial charge in [-0.25, -0.2) is 13.4 Å². The molecule has 1 atom stereocenters. The zero-order chi connectivity index (χ0) is 17.1. The standard InChI is InChI=1S/C17H21N3O3S/c1-11(12-6-7-12)20(13-8-9-13)16(21)15-14-5-3-4-10-19(14)17(18-15)24(2,22)23/h3-5,10-13H,6-9H2,1-2H3. The topological polar surface area (TPSA) is 71.8 Å². The van der Waals surface area contributed by atoms with E-state index in [0.29, 0.717) is 11.4 Å². The maximum Gasteiger partial charge on any atom is 0.275 e. The summed E-state index contributed by atoms with van der Waals surface area (Å²) in [5.74, 6) is 0.424. The van der Waals surface area contributed by atoms with Gasteiger partial charge in [0.15, 0.2) is 5.69 Å². The zero-order valence-corrected chi connectivity index (χ0v) is 14.7. The van der Waals surface area contributed by atoms with Gasteiger partial charge < -0.3 is 4.90 Å². The van der Waals surface area contributed by atoms with Gasteiger partial charge in [0.25, 0.3) is 5.91 Å². The lowest BCUT2D eigenvalue weighted by molar-refractivity contribution is 0.0650. The Hall–Kier alpha value is -1.89. The summed E-state index contributed by atoms with van der Waals surface area (Å²) < 4.78 is 25.6. The molecule has 24 heavy (non-hydrogen) atoms. The van der Waals surface area contributed by atoms with Gasteiger partial charge >= 0.3 is 0 Å². The maximum absolute atomic E-state index is 13.2. The van der Waals surface area contributed by atoms with Crippen molar-refractivity contribution >= 4 is 21.3 Å². The molecule has 2 aliphatic carbocycles. The van der Waals surface area contributed by atoms with Crippen LogP contribution in [0.2, 0.25) is 0 Å². The molecular formula is C17H21N3O3S. The SMILES string of the molecule is CC(C1CC1)N(C(=O)c1nc(S(C)(=O)=O)n2ccccc12)C1CC1. The van der Waals surface area contributed by atoms with E-state index < -0.39 is 9.84 Å². The van der Waals surface area contributed by atoms with E-state index in [1.54, 1.807) is 24.4 Å². The fourth-order valence-corrected chi connectivity index (χ4v) is 4.17. The lowest BCUT2D eigenvalue weighted by Gasteiger charge is -2.29. The third kappa shape index (κ3) is 2.60. The minimum absolute atomic E-state index is 0.0729. The number of amides is 1. The Morgan fingerprint density at radius 2 is 2.00 bits per heavy atom. The molecule has 6 nitrogen and oxygen atoms in total. The van der Waals surface area contributed by atoms with Crippen molar-refractivity contribution in [2.24, 2.45) is 5.92 Å². The molecule has 0 N–H and O–H groups in total. The van der Waals surface area contributed by atoms with E-state index in [-0.39, 0.29) is 28.8 Å². The summed E-state index contributed by atoms with van der Waals surface area (Å²) in [5.41, 5.74) is 0.798. The number of hydrogen-bond acceptors (Lipinski definition) is 4. The first-order valence-corrected chi connectivity index (χ1v) is 10.3. The Balaban J connectivity index is 1.81. The number of imidazole rings is 1. The lowest BCUT2D eigenvalue weighted by Crippen LogP contribution is -2.41. The van der Waals surface area contributed by atoms with Crippen molar-refractivity contribution in [3.05, 3.63) is 30.1 Å². The summed E-state index contributed by atoms with van der Waals surface area (Å²) in [7, 11) is -3.52. The van der Waals surface area contributed by atoms with E-state index in [0.717, 1.165) is 31.9 Å². The second kappa shape index (κ2) is 5.31. The van der Waals surface area contributed by atoms with Crippen LogP contribution in [0.4, 0.5) is 0 Å². The summed E-state index contributed by atoms with van der Waals surface area (Å²) in [6.45, 7) is 2.10. The average Bonchev–Trinajstić information content (AvgIpc) is 3.42. The van der Waals surface area contributed by atoms with E-state index in [1.165, 1.54) is 4.40 Å². The molecule has 0 aromatic carbocycles. The van der Waals surface area contributed by atoms with Gasteiger partial charge in [-0.05, 0) is 50.7 Å². The molecular weight excluding hydrogens is 326 g/mol. The molecule has 0 saturated heterocycles. The zero-order valence-electron chi connectivity index (χ0n) is 13.8. The normalized spacial score (nSPS) is 19.4. The molecule has 2 fully saturated rings. The molecule has 2 aromatic heterocycles. The number of sulfone groups is 1. The molecule has 2 heterocycles. The summed E-state index contributed by atoms with van der Waals surface area (Å²) in [6, 6.07) is 5.75. The van der Waals surface area contributed by atoms with Crippen LogP contribution in [-0.4, -0.2) is 46.9 Å². The number of pyridine rings is 1. The minimum Gasteiger partial charge on any atom is -0.331 e. The minimum atomic E-state index is -3.52. The van der Waals surface area contributed by atoms with E-state index >= 15 is 0 Å². The third-order valence-corrected chi connectivity index (χ3v) is 5.92. The van der Waals surface area contributed by atoms with Gasteiger partial charge in [-0.1, -0.05) is 6.07 Å². The lowest BCUT2D eigenvalue weighted by atomic mass is 10.1. The van der Waals surface area contributed by atoms with Crippen LogP contribution in [-0.2, 0) is 9.84 Å².